The fraction of sp³-hybridized carbons (Fsp3) is 0.419. The molecule has 1 saturated heterocycles. The summed E-state index contributed by atoms with van der Waals surface area (Å²) in [7, 11) is 6.40. The Kier molecular flexibility index (Phi) is 10.7. The van der Waals surface area contributed by atoms with Crippen molar-refractivity contribution in [2.24, 2.45) is 0 Å². The van der Waals surface area contributed by atoms with Gasteiger partial charge in [-0.05, 0) is 43.7 Å². The summed E-state index contributed by atoms with van der Waals surface area (Å²) < 4.78 is 16.1. The Balaban J connectivity index is 1.83. The van der Waals surface area contributed by atoms with Crippen LogP contribution < -0.4 is 10.1 Å². The number of dihydropyridines is 1. The third-order valence-electron chi connectivity index (χ3n) is 7.74. The van der Waals surface area contributed by atoms with Gasteiger partial charge in [-0.25, -0.2) is 9.59 Å². The summed E-state index contributed by atoms with van der Waals surface area (Å²) >= 11 is 13.5. The highest BCUT2D eigenvalue weighted by Crippen LogP contribution is 2.46. The number of para-hydroxylation sites is 1. The fourth-order valence-electron chi connectivity index (χ4n) is 5.49. The number of methoxy groups -OCH3 is 3. The molecule has 4 rings (SSSR count). The molecule has 0 spiro atoms. The number of rotatable bonds is 10. The number of hydrogen-bond donors (Lipinski definition) is 1. The van der Waals surface area contributed by atoms with Crippen molar-refractivity contribution >= 4 is 35.1 Å². The second kappa shape index (κ2) is 14.2. The number of halogens is 2. The van der Waals surface area contributed by atoms with E-state index in [1.165, 1.54) is 14.2 Å². The van der Waals surface area contributed by atoms with E-state index in [1.54, 1.807) is 25.3 Å². The first-order valence-corrected chi connectivity index (χ1v) is 14.4. The zero-order chi connectivity index (χ0) is 29.5. The van der Waals surface area contributed by atoms with Crippen molar-refractivity contribution in [3.63, 3.8) is 0 Å². The van der Waals surface area contributed by atoms with Crippen LogP contribution in [-0.4, -0.2) is 82.8 Å². The van der Waals surface area contributed by atoms with E-state index >= 15 is 0 Å². The van der Waals surface area contributed by atoms with Gasteiger partial charge in [0.05, 0.1) is 38.4 Å². The SMILES string of the molecule is COC(=O)C1=C(CCc2ccccc2OC)NC(CCN2CCN(C)CC2)=C(C(=O)OC)C1c1c(Cl)cccc1Cl. The molecule has 0 amide bonds. The number of carbonyl (C=O) groups is 2. The number of ether oxygens (including phenoxy) is 3. The van der Waals surface area contributed by atoms with E-state index < -0.39 is 17.9 Å². The number of nitrogens with one attached hydrogen (secondary N) is 1. The van der Waals surface area contributed by atoms with E-state index in [2.05, 4.69) is 22.2 Å². The smallest absolute Gasteiger partial charge is 0.336 e. The molecule has 2 aromatic rings. The van der Waals surface area contributed by atoms with Gasteiger partial charge in [-0.3, -0.25) is 0 Å². The van der Waals surface area contributed by atoms with E-state index in [-0.39, 0.29) is 5.57 Å². The second-order valence-electron chi connectivity index (χ2n) is 10.2. The van der Waals surface area contributed by atoms with E-state index in [0.29, 0.717) is 51.8 Å². The first-order valence-electron chi connectivity index (χ1n) is 13.6. The number of benzene rings is 2. The molecule has 0 saturated carbocycles. The van der Waals surface area contributed by atoms with E-state index in [9.17, 15) is 9.59 Å². The Morgan fingerprint density at radius 3 is 2.00 bits per heavy atom. The molecule has 0 bridgehead atoms. The van der Waals surface area contributed by atoms with Crippen LogP contribution in [0.4, 0.5) is 0 Å². The van der Waals surface area contributed by atoms with Crippen molar-refractivity contribution < 1.29 is 23.8 Å². The minimum atomic E-state index is -0.882. The number of carbonyl (C=O) groups excluding carboxylic acids is 2. The molecule has 41 heavy (non-hydrogen) atoms. The lowest BCUT2D eigenvalue weighted by atomic mass is 9.78. The number of likely N-dealkylation sites (N-methyl/N-ethyl adjacent to an activating group) is 1. The van der Waals surface area contributed by atoms with Gasteiger partial charge in [0.25, 0.3) is 0 Å². The third kappa shape index (κ3) is 7.07. The van der Waals surface area contributed by atoms with Crippen LogP contribution in [-0.2, 0) is 25.5 Å². The highest BCUT2D eigenvalue weighted by Gasteiger charge is 2.41. The molecule has 1 atom stereocenters. The van der Waals surface area contributed by atoms with Gasteiger partial charge in [-0.2, -0.15) is 0 Å². The summed E-state index contributed by atoms with van der Waals surface area (Å²) in [6, 6.07) is 12.9. The fourth-order valence-corrected chi connectivity index (χ4v) is 6.11. The molecule has 220 valence electrons. The van der Waals surface area contributed by atoms with Crippen molar-refractivity contribution in [2.45, 2.75) is 25.2 Å². The van der Waals surface area contributed by atoms with E-state index in [1.807, 2.05) is 24.3 Å². The van der Waals surface area contributed by atoms with Crippen LogP contribution in [0.5, 0.6) is 5.75 Å². The van der Waals surface area contributed by atoms with Gasteiger partial charge in [-0.1, -0.05) is 47.5 Å². The maximum Gasteiger partial charge on any atom is 0.336 e. The number of esters is 2. The first kappa shape index (κ1) is 30.9. The van der Waals surface area contributed by atoms with Crippen LogP contribution in [0.15, 0.2) is 65.0 Å². The Hall–Kier alpha value is -3.04. The van der Waals surface area contributed by atoms with E-state index in [4.69, 9.17) is 37.4 Å². The standard InChI is InChI=1S/C31H37Cl2N3O5/c1-35-16-18-36(19-17-35)15-14-24-28(31(38)41-4)29(26-21(32)9-7-10-22(26)33)27(30(37)40-3)23(34-24)13-12-20-8-5-6-11-25(20)39-2/h5-11,29,34H,12-19H2,1-4H3. The highest BCUT2D eigenvalue weighted by molar-refractivity contribution is 6.36. The number of allylic oxidation sites excluding steroid dienone is 1. The summed E-state index contributed by atoms with van der Waals surface area (Å²) in [5.41, 5.74) is 3.36. The third-order valence-corrected chi connectivity index (χ3v) is 8.40. The molecular formula is C31H37Cl2N3O5. The average Bonchev–Trinajstić information content (AvgIpc) is 2.98. The maximum atomic E-state index is 13.5. The summed E-state index contributed by atoms with van der Waals surface area (Å²) in [5.74, 6) is -1.26. The molecule has 2 aliphatic heterocycles. The molecule has 2 heterocycles. The summed E-state index contributed by atoms with van der Waals surface area (Å²) in [6.07, 6.45) is 1.57. The molecule has 8 nitrogen and oxygen atoms in total. The van der Waals surface area contributed by atoms with Crippen LogP contribution in [0.2, 0.25) is 10.0 Å². The monoisotopic (exact) mass is 601 g/mol. The normalized spacial score (nSPS) is 18.2. The number of aryl methyl sites for hydroxylation is 1. The largest absolute Gasteiger partial charge is 0.496 e. The van der Waals surface area contributed by atoms with Crippen molar-refractivity contribution in [3.05, 3.63) is 86.2 Å². The van der Waals surface area contributed by atoms with Gasteiger partial charge < -0.3 is 29.3 Å². The van der Waals surface area contributed by atoms with Gasteiger partial charge >= 0.3 is 11.9 Å². The molecule has 1 unspecified atom stereocenters. The minimum Gasteiger partial charge on any atom is -0.496 e. The van der Waals surface area contributed by atoms with Crippen molar-refractivity contribution in [3.8, 4) is 5.75 Å². The number of hydrogen-bond acceptors (Lipinski definition) is 8. The van der Waals surface area contributed by atoms with E-state index in [0.717, 1.165) is 44.0 Å². The molecule has 2 aliphatic rings. The number of nitrogens with zero attached hydrogens (tertiary/aromatic N) is 2. The Bertz CT molecular complexity index is 1310. The number of piperazine rings is 1. The lowest BCUT2D eigenvalue weighted by Crippen LogP contribution is -2.45. The van der Waals surface area contributed by atoms with Gasteiger partial charge in [0.15, 0.2) is 0 Å². The second-order valence-corrected chi connectivity index (χ2v) is 11.0. The first-order chi connectivity index (χ1) is 19.8. The summed E-state index contributed by atoms with van der Waals surface area (Å²) in [4.78, 5) is 31.7. The van der Waals surface area contributed by atoms with Crippen LogP contribution in [0.25, 0.3) is 0 Å². The summed E-state index contributed by atoms with van der Waals surface area (Å²) in [5, 5.41) is 4.16. The Morgan fingerprint density at radius 2 is 1.41 bits per heavy atom. The van der Waals surface area contributed by atoms with Crippen LogP contribution in [0.3, 0.4) is 0 Å². The highest BCUT2D eigenvalue weighted by atomic mass is 35.5. The molecule has 1 fully saturated rings. The average molecular weight is 603 g/mol. The molecule has 1 N–H and O–H groups in total. The summed E-state index contributed by atoms with van der Waals surface area (Å²) in [6.45, 7) is 4.55. The van der Waals surface area contributed by atoms with Gasteiger partial charge in [0.2, 0.25) is 0 Å². The Labute approximate surface area is 251 Å². The van der Waals surface area contributed by atoms with Crippen LogP contribution >= 0.6 is 23.2 Å². The molecular weight excluding hydrogens is 565 g/mol. The van der Waals surface area contributed by atoms with Crippen LogP contribution in [0, 0.1) is 0 Å². The predicted octanol–water partition coefficient (Wildman–Crippen LogP) is 4.81. The molecule has 0 aliphatic carbocycles. The zero-order valence-corrected chi connectivity index (χ0v) is 25.5. The lowest BCUT2D eigenvalue weighted by molar-refractivity contribution is -0.137. The molecule has 0 radical (unpaired) electrons. The van der Waals surface area contributed by atoms with Crippen molar-refractivity contribution in [1.82, 2.24) is 15.1 Å². The minimum absolute atomic E-state index is 0.279. The van der Waals surface area contributed by atoms with Gasteiger partial charge in [0.1, 0.15) is 5.75 Å². The zero-order valence-electron chi connectivity index (χ0n) is 24.0. The lowest BCUT2D eigenvalue weighted by Gasteiger charge is -2.35. The van der Waals surface area contributed by atoms with Gasteiger partial charge in [0, 0.05) is 66.1 Å². The Morgan fingerprint density at radius 1 is 0.829 bits per heavy atom. The molecule has 10 heteroatoms. The quantitative estimate of drug-likeness (QED) is 0.389. The molecule has 2 aromatic carbocycles. The van der Waals surface area contributed by atoms with Crippen molar-refractivity contribution in [1.29, 1.82) is 0 Å². The topological polar surface area (TPSA) is 80.3 Å². The maximum absolute atomic E-state index is 13.5. The van der Waals surface area contributed by atoms with Crippen molar-refractivity contribution in [2.75, 3.05) is 61.1 Å². The molecule has 0 aromatic heterocycles. The van der Waals surface area contributed by atoms with Gasteiger partial charge in [-0.15, -0.1) is 0 Å². The predicted molar refractivity (Wildman–Crippen MR) is 160 cm³/mol. The van der Waals surface area contributed by atoms with Crippen LogP contribution in [0.1, 0.15) is 29.9 Å².